The molecule has 2 aliphatic carbocycles. The average Bonchev–Trinajstić information content (AvgIpc) is 3.44. The van der Waals surface area contributed by atoms with Crippen LogP contribution < -0.4 is 5.32 Å². The number of amides is 1. The Balaban J connectivity index is 1.57. The minimum Gasteiger partial charge on any atom is -0.356 e. The fourth-order valence-electron chi connectivity index (χ4n) is 5.21. The number of rotatable bonds is 5. The van der Waals surface area contributed by atoms with E-state index in [2.05, 4.69) is 5.32 Å². The highest BCUT2D eigenvalue weighted by molar-refractivity contribution is 7.89. The summed E-state index contributed by atoms with van der Waals surface area (Å²) in [5.41, 5.74) is 1.89. The van der Waals surface area contributed by atoms with Gasteiger partial charge in [0, 0.05) is 25.6 Å². The number of nitrogens with one attached hydrogen (secondary N) is 1. The van der Waals surface area contributed by atoms with Gasteiger partial charge in [-0.25, -0.2) is 8.42 Å². The number of benzene rings is 1. The zero-order valence-electron chi connectivity index (χ0n) is 17.0. The van der Waals surface area contributed by atoms with Crippen molar-refractivity contribution in [1.29, 1.82) is 0 Å². The molecule has 3 fully saturated rings. The topological polar surface area (TPSA) is 66.5 Å². The third-order valence-corrected chi connectivity index (χ3v) is 9.02. The highest BCUT2D eigenvalue weighted by Crippen LogP contribution is 2.48. The third-order valence-electron chi connectivity index (χ3n) is 7.05. The van der Waals surface area contributed by atoms with E-state index in [1.807, 2.05) is 26.0 Å². The van der Waals surface area contributed by atoms with Gasteiger partial charge in [0.15, 0.2) is 0 Å². The van der Waals surface area contributed by atoms with Crippen molar-refractivity contribution < 1.29 is 13.2 Å². The van der Waals surface area contributed by atoms with Crippen LogP contribution >= 0.6 is 0 Å². The van der Waals surface area contributed by atoms with Crippen molar-refractivity contribution in [2.75, 3.05) is 19.6 Å². The molecule has 5 nitrogen and oxygen atoms in total. The van der Waals surface area contributed by atoms with Crippen LogP contribution in [0.2, 0.25) is 0 Å². The standard InChI is InChI=1S/C22H32N2O3S/c1-16-6-9-20(17(2)12-16)28(26,27)24-14-19(13-23-21(25)18-7-8-18)22(15-24)10-4-3-5-11-22/h6,9,12,18-19H,3-5,7-8,10-11,13-15H2,1-2H3,(H,23,25). The summed E-state index contributed by atoms with van der Waals surface area (Å²) in [6.45, 7) is 5.57. The predicted octanol–water partition coefficient (Wildman–Crippen LogP) is 3.40. The van der Waals surface area contributed by atoms with Crippen LogP contribution in [0.25, 0.3) is 0 Å². The number of carbonyl (C=O) groups is 1. The molecule has 1 spiro atoms. The minimum atomic E-state index is -3.52. The Morgan fingerprint density at radius 2 is 1.89 bits per heavy atom. The Morgan fingerprint density at radius 1 is 1.18 bits per heavy atom. The third kappa shape index (κ3) is 3.73. The number of aryl methyl sites for hydroxylation is 2. The van der Waals surface area contributed by atoms with Gasteiger partial charge in [-0.1, -0.05) is 37.0 Å². The first-order valence-electron chi connectivity index (χ1n) is 10.7. The van der Waals surface area contributed by atoms with Gasteiger partial charge >= 0.3 is 0 Å². The monoisotopic (exact) mass is 404 g/mol. The Bertz CT molecular complexity index is 855. The Labute approximate surface area is 168 Å². The molecule has 1 saturated heterocycles. The van der Waals surface area contributed by atoms with Crippen LogP contribution in [0.5, 0.6) is 0 Å². The van der Waals surface area contributed by atoms with Crippen LogP contribution in [0.4, 0.5) is 0 Å². The van der Waals surface area contributed by atoms with Crippen LogP contribution in [0.3, 0.4) is 0 Å². The van der Waals surface area contributed by atoms with Gasteiger partial charge < -0.3 is 5.32 Å². The lowest BCUT2D eigenvalue weighted by Gasteiger charge is -2.38. The van der Waals surface area contributed by atoms with Crippen molar-refractivity contribution in [2.45, 2.75) is 63.7 Å². The van der Waals surface area contributed by atoms with E-state index < -0.39 is 10.0 Å². The summed E-state index contributed by atoms with van der Waals surface area (Å²) in [4.78, 5) is 12.6. The van der Waals surface area contributed by atoms with Crippen molar-refractivity contribution in [3.05, 3.63) is 29.3 Å². The molecule has 1 amide bonds. The molecule has 6 heteroatoms. The maximum atomic E-state index is 13.4. The van der Waals surface area contributed by atoms with Crippen LogP contribution in [0.15, 0.2) is 23.1 Å². The summed E-state index contributed by atoms with van der Waals surface area (Å²) in [6, 6.07) is 5.56. The van der Waals surface area contributed by atoms with E-state index in [1.54, 1.807) is 10.4 Å². The number of sulfonamides is 1. The van der Waals surface area contributed by atoms with Crippen molar-refractivity contribution in [1.82, 2.24) is 9.62 Å². The largest absolute Gasteiger partial charge is 0.356 e. The summed E-state index contributed by atoms with van der Waals surface area (Å²) < 4.78 is 28.6. The number of carbonyl (C=O) groups excluding carboxylic acids is 1. The van der Waals surface area contributed by atoms with Gasteiger partial charge in [-0.05, 0) is 62.5 Å². The minimum absolute atomic E-state index is 0.0146. The molecule has 1 atom stereocenters. The van der Waals surface area contributed by atoms with E-state index in [4.69, 9.17) is 0 Å². The quantitative estimate of drug-likeness (QED) is 0.818. The lowest BCUT2D eigenvalue weighted by atomic mass is 9.68. The zero-order valence-corrected chi connectivity index (χ0v) is 17.9. The molecule has 1 aromatic carbocycles. The van der Waals surface area contributed by atoms with E-state index in [0.717, 1.165) is 49.7 Å². The molecule has 1 N–H and O–H groups in total. The van der Waals surface area contributed by atoms with E-state index in [9.17, 15) is 13.2 Å². The zero-order chi connectivity index (χ0) is 19.9. The Kier molecular flexibility index (Phi) is 5.29. The van der Waals surface area contributed by atoms with Crippen molar-refractivity contribution in [3.8, 4) is 0 Å². The fourth-order valence-corrected chi connectivity index (χ4v) is 7.00. The normalized spacial score (nSPS) is 25.1. The number of hydrogen-bond acceptors (Lipinski definition) is 3. The van der Waals surface area contributed by atoms with Crippen molar-refractivity contribution in [3.63, 3.8) is 0 Å². The number of hydrogen-bond donors (Lipinski definition) is 1. The predicted molar refractivity (Wildman–Crippen MR) is 109 cm³/mol. The molecular weight excluding hydrogens is 372 g/mol. The summed E-state index contributed by atoms with van der Waals surface area (Å²) in [7, 11) is -3.52. The molecule has 0 radical (unpaired) electrons. The van der Waals surface area contributed by atoms with Gasteiger partial charge in [0.2, 0.25) is 15.9 Å². The molecule has 2 saturated carbocycles. The van der Waals surface area contributed by atoms with Crippen LogP contribution in [-0.4, -0.2) is 38.3 Å². The molecule has 154 valence electrons. The maximum Gasteiger partial charge on any atom is 0.243 e. The van der Waals surface area contributed by atoms with Gasteiger partial charge in [-0.3, -0.25) is 4.79 Å². The first-order chi connectivity index (χ1) is 13.3. The van der Waals surface area contributed by atoms with Gasteiger partial charge in [-0.15, -0.1) is 0 Å². The molecular formula is C22H32N2O3S. The van der Waals surface area contributed by atoms with Gasteiger partial charge in [0.25, 0.3) is 0 Å². The molecule has 4 rings (SSSR count). The van der Waals surface area contributed by atoms with Crippen LogP contribution in [0, 0.1) is 31.1 Å². The van der Waals surface area contributed by atoms with Crippen LogP contribution in [0.1, 0.15) is 56.1 Å². The number of nitrogens with zero attached hydrogens (tertiary/aromatic N) is 1. The highest BCUT2D eigenvalue weighted by atomic mass is 32.2. The second-order valence-corrected chi connectivity index (χ2v) is 11.1. The van der Waals surface area contributed by atoms with E-state index in [1.165, 1.54) is 6.42 Å². The first kappa shape index (κ1) is 19.9. The lowest BCUT2D eigenvalue weighted by Crippen LogP contribution is -2.40. The average molecular weight is 405 g/mol. The molecule has 28 heavy (non-hydrogen) atoms. The van der Waals surface area contributed by atoms with Crippen molar-refractivity contribution >= 4 is 15.9 Å². The van der Waals surface area contributed by atoms with E-state index >= 15 is 0 Å². The van der Waals surface area contributed by atoms with E-state index in [0.29, 0.717) is 24.5 Å². The molecule has 1 aliphatic heterocycles. The second kappa shape index (κ2) is 7.45. The molecule has 3 aliphatic rings. The SMILES string of the molecule is Cc1ccc(S(=O)(=O)N2CC(CNC(=O)C3CC3)C3(CCCCC3)C2)c(C)c1. The Morgan fingerprint density at radius 3 is 2.54 bits per heavy atom. The lowest BCUT2D eigenvalue weighted by molar-refractivity contribution is -0.122. The first-order valence-corrected chi connectivity index (χ1v) is 12.1. The van der Waals surface area contributed by atoms with Gasteiger partial charge in [0.05, 0.1) is 4.90 Å². The summed E-state index contributed by atoms with van der Waals surface area (Å²) in [6.07, 6.45) is 7.66. The second-order valence-electron chi connectivity index (χ2n) is 9.21. The van der Waals surface area contributed by atoms with Gasteiger partial charge in [0.1, 0.15) is 0 Å². The summed E-state index contributed by atoms with van der Waals surface area (Å²) in [5.74, 6) is 0.552. The van der Waals surface area contributed by atoms with Crippen molar-refractivity contribution in [2.24, 2.45) is 17.3 Å². The molecule has 0 aromatic heterocycles. The molecule has 0 bridgehead atoms. The maximum absolute atomic E-state index is 13.4. The summed E-state index contributed by atoms with van der Waals surface area (Å²) >= 11 is 0. The Hall–Kier alpha value is -1.40. The van der Waals surface area contributed by atoms with E-state index in [-0.39, 0.29) is 23.2 Å². The molecule has 1 heterocycles. The molecule has 1 aromatic rings. The smallest absolute Gasteiger partial charge is 0.243 e. The molecule has 1 unspecified atom stereocenters. The summed E-state index contributed by atoms with van der Waals surface area (Å²) in [5, 5.41) is 3.13. The fraction of sp³-hybridized carbons (Fsp3) is 0.682. The highest BCUT2D eigenvalue weighted by Gasteiger charge is 2.50. The van der Waals surface area contributed by atoms with Crippen LogP contribution in [-0.2, 0) is 14.8 Å². The van der Waals surface area contributed by atoms with Gasteiger partial charge in [-0.2, -0.15) is 4.31 Å².